The Hall–Kier alpha value is -1.04. The molecule has 0 aromatic carbocycles. The van der Waals surface area contributed by atoms with E-state index in [0.29, 0.717) is 18.3 Å². The van der Waals surface area contributed by atoms with E-state index in [1.54, 1.807) is 0 Å². The fraction of sp³-hybridized carbons (Fsp3) is 0.867. The third-order valence-electron chi connectivity index (χ3n) is 3.43. The molecule has 2 atom stereocenters. The van der Waals surface area contributed by atoms with Gasteiger partial charge in [0.15, 0.2) is 5.41 Å². The SMILES string of the molecule is CCC(CC(C)C)C(C#N)(CC(C)C)C(=O)OC. The van der Waals surface area contributed by atoms with Crippen LogP contribution in [0.5, 0.6) is 0 Å². The van der Waals surface area contributed by atoms with Crippen molar-refractivity contribution < 1.29 is 9.53 Å². The number of esters is 1. The van der Waals surface area contributed by atoms with Gasteiger partial charge in [-0.15, -0.1) is 0 Å². The molecule has 104 valence electrons. The second-order valence-electron chi connectivity index (χ2n) is 5.91. The van der Waals surface area contributed by atoms with Crippen molar-refractivity contribution in [3.63, 3.8) is 0 Å². The summed E-state index contributed by atoms with van der Waals surface area (Å²) in [5, 5.41) is 9.59. The monoisotopic (exact) mass is 253 g/mol. The molecule has 0 aromatic rings. The number of nitrogens with zero attached hydrogens (tertiary/aromatic N) is 1. The van der Waals surface area contributed by atoms with E-state index in [4.69, 9.17) is 4.74 Å². The third-order valence-corrected chi connectivity index (χ3v) is 3.43. The Morgan fingerprint density at radius 2 is 1.83 bits per heavy atom. The molecule has 0 radical (unpaired) electrons. The lowest BCUT2D eigenvalue weighted by Gasteiger charge is -2.34. The molecule has 0 aliphatic carbocycles. The molecule has 0 heterocycles. The van der Waals surface area contributed by atoms with Gasteiger partial charge in [0.25, 0.3) is 0 Å². The van der Waals surface area contributed by atoms with Crippen molar-refractivity contribution in [2.75, 3.05) is 7.11 Å². The van der Waals surface area contributed by atoms with Crippen LogP contribution >= 0.6 is 0 Å². The third kappa shape index (κ3) is 4.01. The first kappa shape index (κ1) is 17.0. The first-order chi connectivity index (χ1) is 8.33. The molecular formula is C15H27NO2. The maximum atomic E-state index is 12.1. The maximum Gasteiger partial charge on any atom is 0.326 e. The van der Waals surface area contributed by atoms with Gasteiger partial charge in [-0.1, -0.05) is 41.0 Å². The molecule has 0 aliphatic heterocycles. The van der Waals surface area contributed by atoms with Crippen LogP contribution in [0.3, 0.4) is 0 Å². The number of carbonyl (C=O) groups excluding carboxylic acids is 1. The van der Waals surface area contributed by atoms with Gasteiger partial charge in [0.05, 0.1) is 13.2 Å². The summed E-state index contributed by atoms with van der Waals surface area (Å²) in [5.41, 5.74) is -0.984. The molecule has 0 aromatic heterocycles. The van der Waals surface area contributed by atoms with Crippen molar-refractivity contribution in [1.29, 1.82) is 5.26 Å². The maximum absolute atomic E-state index is 12.1. The fourth-order valence-electron chi connectivity index (χ4n) is 2.71. The summed E-state index contributed by atoms with van der Waals surface area (Å²) in [6.07, 6.45) is 2.28. The summed E-state index contributed by atoms with van der Waals surface area (Å²) in [7, 11) is 1.37. The van der Waals surface area contributed by atoms with Gasteiger partial charge in [-0.2, -0.15) is 5.26 Å². The van der Waals surface area contributed by atoms with Crippen LogP contribution in [-0.2, 0) is 9.53 Å². The molecule has 0 saturated heterocycles. The van der Waals surface area contributed by atoms with E-state index >= 15 is 0 Å². The van der Waals surface area contributed by atoms with Crippen LogP contribution in [0.25, 0.3) is 0 Å². The van der Waals surface area contributed by atoms with Gasteiger partial charge in [-0.25, -0.2) is 0 Å². The van der Waals surface area contributed by atoms with Gasteiger partial charge >= 0.3 is 5.97 Å². The summed E-state index contributed by atoms with van der Waals surface area (Å²) in [6, 6.07) is 2.28. The Kier molecular flexibility index (Phi) is 6.98. The second-order valence-corrected chi connectivity index (χ2v) is 5.91. The number of nitriles is 1. The Balaban J connectivity index is 5.39. The van der Waals surface area contributed by atoms with E-state index in [9.17, 15) is 10.1 Å². The predicted octanol–water partition coefficient (Wildman–Crippen LogP) is 3.79. The van der Waals surface area contributed by atoms with Crippen LogP contribution in [0.4, 0.5) is 0 Å². The molecule has 0 fully saturated rings. The van der Waals surface area contributed by atoms with E-state index in [-0.39, 0.29) is 11.9 Å². The molecule has 0 aliphatic rings. The van der Waals surface area contributed by atoms with Crippen molar-refractivity contribution in [2.24, 2.45) is 23.2 Å². The van der Waals surface area contributed by atoms with Crippen LogP contribution in [0.1, 0.15) is 53.9 Å². The molecular weight excluding hydrogens is 226 g/mol. The molecule has 0 spiro atoms. The lowest BCUT2D eigenvalue weighted by atomic mass is 9.67. The van der Waals surface area contributed by atoms with Crippen molar-refractivity contribution in [2.45, 2.75) is 53.9 Å². The summed E-state index contributed by atoms with van der Waals surface area (Å²) in [4.78, 5) is 12.1. The van der Waals surface area contributed by atoms with Gasteiger partial charge in [0.1, 0.15) is 0 Å². The molecule has 18 heavy (non-hydrogen) atoms. The molecule has 0 N–H and O–H groups in total. The van der Waals surface area contributed by atoms with Gasteiger partial charge in [0, 0.05) is 0 Å². The average Bonchev–Trinajstić information content (AvgIpc) is 2.31. The van der Waals surface area contributed by atoms with Gasteiger partial charge in [-0.05, 0) is 30.6 Å². The average molecular weight is 253 g/mol. The number of methoxy groups -OCH3 is 1. The molecule has 0 bridgehead atoms. The van der Waals surface area contributed by atoms with Gasteiger partial charge in [-0.3, -0.25) is 4.79 Å². The fourth-order valence-corrected chi connectivity index (χ4v) is 2.71. The predicted molar refractivity (Wildman–Crippen MR) is 72.8 cm³/mol. The van der Waals surface area contributed by atoms with Gasteiger partial charge in [0.2, 0.25) is 0 Å². The highest BCUT2D eigenvalue weighted by atomic mass is 16.5. The molecule has 2 unspecified atom stereocenters. The summed E-state index contributed by atoms with van der Waals surface area (Å²) < 4.78 is 4.91. The first-order valence-electron chi connectivity index (χ1n) is 6.83. The smallest absolute Gasteiger partial charge is 0.326 e. The lowest BCUT2D eigenvalue weighted by Crippen LogP contribution is -2.40. The molecule has 3 nitrogen and oxygen atoms in total. The van der Waals surface area contributed by atoms with Crippen molar-refractivity contribution in [3.05, 3.63) is 0 Å². The zero-order valence-electron chi connectivity index (χ0n) is 12.6. The quantitative estimate of drug-likeness (QED) is 0.649. The Morgan fingerprint density at radius 3 is 2.11 bits per heavy atom. The minimum atomic E-state index is -0.984. The number of rotatable bonds is 7. The normalized spacial score (nSPS) is 16.2. The minimum Gasteiger partial charge on any atom is -0.468 e. The first-order valence-corrected chi connectivity index (χ1v) is 6.83. The van der Waals surface area contributed by atoms with E-state index < -0.39 is 5.41 Å². The zero-order valence-corrected chi connectivity index (χ0v) is 12.6. The highest BCUT2D eigenvalue weighted by Gasteiger charge is 2.46. The summed E-state index contributed by atoms with van der Waals surface area (Å²) in [6.45, 7) is 10.4. The summed E-state index contributed by atoms with van der Waals surface area (Å²) in [5.74, 6) is 0.466. The molecule has 0 rings (SSSR count). The number of hydrogen-bond donors (Lipinski definition) is 0. The van der Waals surface area contributed by atoms with Crippen LogP contribution in [0.2, 0.25) is 0 Å². The topological polar surface area (TPSA) is 50.1 Å². The Bertz CT molecular complexity index is 304. The van der Waals surface area contributed by atoms with Gasteiger partial charge < -0.3 is 4.74 Å². The highest BCUT2D eigenvalue weighted by Crippen LogP contribution is 2.41. The van der Waals surface area contributed by atoms with Crippen LogP contribution in [0, 0.1) is 34.5 Å². The van der Waals surface area contributed by atoms with Crippen LogP contribution < -0.4 is 0 Å². The van der Waals surface area contributed by atoms with E-state index in [2.05, 4.69) is 19.9 Å². The van der Waals surface area contributed by atoms with E-state index in [1.807, 2.05) is 20.8 Å². The van der Waals surface area contributed by atoms with Crippen LogP contribution in [0.15, 0.2) is 0 Å². The highest BCUT2D eigenvalue weighted by molar-refractivity contribution is 5.80. The molecule has 3 heteroatoms. The van der Waals surface area contributed by atoms with E-state index in [0.717, 1.165) is 12.8 Å². The summed E-state index contributed by atoms with van der Waals surface area (Å²) >= 11 is 0. The Labute approximate surface area is 112 Å². The number of ether oxygens (including phenoxy) is 1. The number of carbonyl (C=O) groups is 1. The second kappa shape index (κ2) is 7.41. The number of hydrogen-bond acceptors (Lipinski definition) is 3. The zero-order chi connectivity index (χ0) is 14.3. The molecule has 0 saturated carbocycles. The lowest BCUT2D eigenvalue weighted by molar-refractivity contribution is -0.153. The molecule has 0 amide bonds. The van der Waals surface area contributed by atoms with Crippen LogP contribution in [-0.4, -0.2) is 13.1 Å². The minimum absolute atomic E-state index is 0.0670. The van der Waals surface area contributed by atoms with Crippen molar-refractivity contribution in [1.82, 2.24) is 0 Å². The standard InChI is InChI=1S/C15H27NO2/c1-7-13(8-11(2)3)15(10-16,9-12(4)5)14(17)18-6/h11-13H,7-9H2,1-6H3. The van der Waals surface area contributed by atoms with Crippen molar-refractivity contribution in [3.8, 4) is 6.07 Å². The van der Waals surface area contributed by atoms with E-state index in [1.165, 1.54) is 7.11 Å². The Morgan fingerprint density at radius 1 is 1.28 bits per heavy atom. The largest absolute Gasteiger partial charge is 0.468 e. The van der Waals surface area contributed by atoms with Crippen molar-refractivity contribution >= 4 is 5.97 Å².